The Kier molecular flexibility index (Phi) is 5.85. The summed E-state index contributed by atoms with van der Waals surface area (Å²) in [6.07, 6.45) is 1.84. The number of thiophene rings is 1. The van der Waals surface area contributed by atoms with Crippen molar-refractivity contribution < 1.29 is 18.8 Å². The average Bonchev–Trinajstić information content (AvgIpc) is 3.29. The minimum atomic E-state index is -0.607. The van der Waals surface area contributed by atoms with Gasteiger partial charge in [0.2, 0.25) is 0 Å². The van der Waals surface area contributed by atoms with Gasteiger partial charge in [-0.25, -0.2) is 9.78 Å². The van der Waals surface area contributed by atoms with Gasteiger partial charge in [-0.05, 0) is 37.8 Å². The van der Waals surface area contributed by atoms with Crippen molar-refractivity contribution in [3.63, 3.8) is 0 Å². The molecular weight excluding hydrogens is 366 g/mol. The van der Waals surface area contributed by atoms with E-state index in [1.807, 2.05) is 31.4 Å². The molecular formula is C19H21N3O4S. The second-order valence-electron chi connectivity index (χ2n) is 6.31. The van der Waals surface area contributed by atoms with Gasteiger partial charge in [0, 0.05) is 6.04 Å². The Morgan fingerprint density at radius 1 is 1.41 bits per heavy atom. The van der Waals surface area contributed by atoms with E-state index in [2.05, 4.69) is 15.5 Å². The number of carbonyl (C=O) groups is 2. The lowest BCUT2D eigenvalue weighted by Crippen LogP contribution is -2.35. The quantitative estimate of drug-likeness (QED) is 0.621. The maximum absolute atomic E-state index is 12.7. The third kappa shape index (κ3) is 4.33. The first-order valence-electron chi connectivity index (χ1n) is 8.77. The van der Waals surface area contributed by atoms with Gasteiger partial charge in [-0.3, -0.25) is 4.79 Å². The molecule has 0 bridgehead atoms. The monoisotopic (exact) mass is 387 g/mol. The third-order valence-electron chi connectivity index (χ3n) is 4.07. The molecule has 1 atom stereocenters. The first-order valence-corrected chi connectivity index (χ1v) is 9.65. The lowest BCUT2D eigenvalue weighted by atomic mass is 10.1. The number of amides is 1. The summed E-state index contributed by atoms with van der Waals surface area (Å²) >= 11 is 1.50. The van der Waals surface area contributed by atoms with Crippen molar-refractivity contribution in [2.75, 3.05) is 6.61 Å². The van der Waals surface area contributed by atoms with Crippen LogP contribution in [0.4, 0.5) is 0 Å². The second kappa shape index (κ2) is 8.30. The van der Waals surface area contributed by atoms with E-state index in [1.165, 1.54) is 11.3 Å². The lowest BCUT2D eigenvalue weighted by Gasteiger charge is -2.13. The van der Waals surface area contributed by atoms with Crippen LogP contribution >= 0.6 is 11.3 Å². The van der Waals surface area contributed by atoms with Crippen LogP contribution in [-0.2, 0) is 9.53 Å². The number of ether oxygens (including phenoxy) is 1. The molecule has 0 radical (unpaired) electrons. The summed E-state index contributed by atoms with van der Waals surface area (Å²) in [5.41, 5.74) is 1.70. The van der Waals surface area contributed by atoms with Crippen molar-refractivity contribution in [3.8, 4) is 10.6 Å². The van der Waals surface area contributed by atoms with Gasteiger partial charge in [-0.15, -0.1) is 11.3 Å². The zero-order valence-corrected chi connectivity index (χ0v) is 16.3. The van der Waals surface area contributed by atoms with Crippen molar-refractivity contribution in [1.82, 2.24) is 15.5 Å². The summed E-state index contributed by atoms with van der Waals surface area (Å²) in [4.78, 5) is 29.9. The maximum Gasteiger partial charge on any atom is 0.339 e. The molecule has 0 fully saturated rings. The molecule has 0 aromatic carbocycles. The molecule has 0 aliphatic rings. The van der Waals surface area contributed by atoms with E-state index >= 15 is 0 Å². The highest BCUT2D eigenvalue weighted by atomic mass is 32.1. The SMILES string of the molecule is CCCC(C)NC(=O)COC(=O)c1cc(-c2cccs2)nc2onc(C)c12. The topological polar surface area (TPSA) is 94.3 Å². The minimum absolute atomic E-state index is 0.0413. The van der Waals surface area contributed by atoms with Crippen LogP contribution in [0.3, 0.4) is 0 Å². The zero-order chi connectivity index (χ0) is 19.4. The van der Waals surface area contributed by atoms with Crippen LogP contribution in [0.5, 0.6) is 0 Å². The van der Waals surface area contributed by atoms with Gasteiger partial charge >= 0.3 is 5.97 Å². The highest BCUT2D eigenvalue weighted by molar-refractivity contribution is 7.13. The molecule has 1 N–H and O–H groups in total. The maximum atomic E-state index is 12.7. The summed E-state index contributed by atoms with van der Waals surface area (Å²) in [5.74, 6) is -0.931. The van der Waals surface area contributed by atoms with Crippen LogP contribution in [0, 0.1) is 6.92 Å². The van der Waals surface area contributed by atoms with Crippen molar-refractivity contribution >= 4 is 34.3 Å². The van der Waals surface area contributed by atoms with Gasteiger partial charge in [0.15, 0.2) is 6.61 Å². The Hall–Kier alpha value is -2.74. The zero-order valence-electron chi connectivity index (χ0n) is 15.4. The number of nitrogens with zero attached hydrogens (tertiary/aromatic N) is 2. The number of aryl methyl sites for hydroxylation is 1. The molecule has 0 saturated carbocycles. The summed E-state index contributed by atoms with van der Waals surface area (Å²) < 4.78 is 10.5. The summed E-state index contributed by atoms with van der Waals surface area (Å²) in [6.45, 7) is 5.36. The lowest BCUT2D eigenvalue weighted by molar-refractivity contribution is -0.124. The Morgan fingerprint density at radius 2 is 2.22 bits per heavy atom. The van der Waals surface area contributed by atoms with Crippen molar-refractivity contribution in [1.29, 1.82) is 0 Å². The second-order valence-corrected chi connectivity index (χ2v) is 7.26. The molecule has 3 rings (SSSR count). The standard InChI is InChI=1S/C19H21N3O4S/c1-4-6-11(2)20-16(23)10-25-19(24)13-9-14(15-7-5-8-27-15)21-18-17(13)12(3)22-26-18/h5,7-9,11H,4,6,10H2,1-3H3,(H,20,23). The molecule has 0 spiro atoms. The van der Waals surface area contributed by atoms with Crippen LogP contribution in [0.2, 0.25) is 0 Å². The molecule has 7 nitrogen and oxygen atoms in total. The molecule has 1 unspecified atom stereocenters. The Labute approximate surface area is 160 Å². The number of pyridine rings is 1. The fourth-order valence-electron chi connectivity index (χ4n) is 2.84. The van der Waals surface area contributed by atoms with Gasteiger partial charge in [0.25, 0.3) is 11.6 Å². The van der Waals surface area contributed by atoms with E-state index in [0.29, 0.717) is 16.8 Å². The van der Waals surface area contributed by atoms with E-state index in [4.69, 9.17) is 9.26 Å². The van der Waals surface area contributed by atoms with Crippen molar-refractivity contribution in [3.05, 3.63) is 34.8 Å². The number of nitrogens with one attached hydrogen (secondary N) is 1. The smallest absolute Gasteiger partial charge is 0.339 e. The summed E-state index contributed by atoms with van der Waals surface area (Å²) in [5, 5.41) is 9.13. The number of hydrogen-bond acceptors (Lipinski definition) is 7. The van der Waals surface area contributed by atoms with E-state index in [1.54, 1.807) is 13.0 Å². The number of rotatable bonds is 7. The number of carbonyl (C=O) groups excluding carboxylic acids is 2. The number of aromatic nitrogens is 2. The summed E-state index contributed by atoms with van der Waals surface area (Å²) in [6, 6.07) is 5.50. The average molecular weight is 387 g/mol. The third-order valence-corrected chi connectivity index (χ3v) is 4.97. The molecule has 0 saturated heterocycles. The van der Waals surface area contributed by atoms with Crippen LogP contribution in [0.15, 0.2) is 28.1 Å². The molecule has 3 aromatic rings. The van der Waals surface area contributed by atoms with Gasteiger partial charge in [0.1, 0.15) is 0 Å². The molecule has 27 heavy (non-hydrogen) atoms. The first-order chi connectivity index (χ1) is 13.0. The highest BCUT2D eigenvalue weighted by Crippen LogP contribution is 2.29. The number of fused-ring (bicyclic) bond motifs is 1. The van der Waals surface area contributed by atoms with Gasteiger partial charge < -0.3 is 14.6 Å². The van der Waals surface area contributed by atoms with Crippen LogP contribution in [0.25, 0.3) is 21.7 Å². The Morgan fingerprint density at radius 3 is 2.93 bits per heavy atom. The fourth-order valence-corrected chi connectivity index (χ4v) is 3.52. The predicted octanol–water partition coefficient (Wildman–Crippen LogP) is 3.72. The molecule has 8 heteroatoms. The van der Waals surface area contributed by atoms with Crippen LogP contribution in [0.1, 0.15) is 42.7 Å². The predicted molar refractivity (Wildman–Crippen MR) is 103 cm³/mol. The normalized spacial score (nSPS) is 12.1. The molecule has 0 aliphatic heterocycles. The van der Waals surface area contributed by atoms with Crippen molar-refractivity contribution in [2.45, 2.75) is 39.7 Å². The minimum Gasteiger partial charge on any atom is -0.452 e. The van der Waals surface area contributed by atoms with E-state index in [0.717, 1.165) is 17.7 Å². The molecule has 0 aliphatic carbocycles. The molecule has 3 aromatic heterocycles. The largest absolute Gasteiger partial charge is 0.452 e. The van der Waals surface area contributed by atoms with E-state index < -0.39 is 5.97 Å². The fraction of sp³-hybridized carbons (Fsp3) is 0.368. The van der Waals surface area contributed by atoms with Gasteiger partial charge in [-0.2, -0.15) is 0 Å². The van der Waals surface area contributed by atoms with Crippen LogP contribution < -0.4 is 5.32 Å². The summed E-state index contributed by atoms with van der Waals surface area (Å²) in [7, 11) is 0. The Balaban J connectivity index is 1.81. The molecule has 3 heterocycles. The molecule has 142 valence electrons. The van der Waals surface area contributed by atoms with E-state index in [9.17, 15) is 9.59 Å². The number of esters is 1. The Bertz CT molecular complexity index is 949. The number of hydrogen-bond donors (Lipinski definition) is 1. The van der Waals surface area contributed by atoms with E-state index in [-0.39, 0.29) is 29.8 Å². The molecule has 1 amide bonds. The van der Waals surface area contributed by atoms with Crippen molar-refractivity contribution in [2.24, 2.45) is 0 Å². The highest BCUT2D eigenvalue weighted by Gasteiger charge is 2.21. The van der Waals surface area contributed by atoms with Crippen LogP contribution in [-0.4, -0.2) is 34.7 Å². The van der Waals surface area contributed by atoms with Gasteiger partial charge in [0.05, 0.1) is 27.2 Å². The van der Waals surface area contributed by atoms with Gasteiger partial charge in [-0.1, -0.05) is 24.6 Å². The first kappa shape index (κ1) is 19.0.